The average Bonchev–Trinajstić information content (AvgIpc) is 2.46. The van der Waals surface area contributed by atoms with Gasteiger partial charge < -0.3 is 5.41 Å². The summed E-state index contributed by atoms with van der Waals surface area (Å²) in [5.41, 5.74) is 2.47. The average molecular weight is 195 g/mol. The van der Waals surface area contributed by atoms with Crippen molar-refractivity contribution in [2.45, 2.75) is 39.5 Å². The highest BCUT2D eigenvalue weighted by atomic mass is 32.1. The number of rotatable bonds is 3. The van der Waals surface area contributed by atoms with E-state index in [-0.39, 0.29) is 0 Å². The van der Waals surface area contributed by atoms with Gasteiger partial charge >= 0.3 is 0 Å². The molecule has 0 atom stereocenters. The second kappa shape index (κ2) is 4.05. The van der Waals surface area contributed by atoms with Crippen LogP contribution in [0.5, 0.6) is 0 Å². The molecule has 1 N–H and O–H groups in total. The van der Waals surface area contributed by atoms with Crippen LogP contribution in [0.1, 0.15) is 55.5 Å². The maximum atomic E-state index is 7.31. The molecule has 0 bridgehead atoms. The lowest BCUT2D eigenvalue weighted by molar-refractivity contribution is 0.808. The zero-order valence-corrected chi connectivity index (χ0v) is 9.53. The van der Waals surface area contributed by atoms with Gasteiger partial charge in [0.25, 0.3) is 0 Å². The van der Waals surface area contributed by atoms with Crippen LogP contribution in [0.15, 0.2) is 5.38 Å². The summed E-state index contributed by atoms with van der Waals surface area (Å²) < 4.78 is 0. The molecule has 1 nitrogen and oxygen atoms in total. The molecular formula is C11H17NS. The molecular weight excluding hydrogens is 178 g/mol. The van der Waals surface area contributed by atoms with Crippen molar-refractivity contribution in [3.05, 3.63) is 21.4 Å². The highest BCUT2D eigenvalue weighted by molar-refractivity contribution is 7.10. The highest BCUT2D eigenvalue weighted by Crippen LogP contribution is 2.33. The molecule has 0 aliphatic rings. The van der Waals surface area contributed by atoms with Crippen LogP contribution in [-0.2, 0) is 0 Å². The van der Waals surface area contributed by atoms with Gasteiger partial charge in [0.1, 0.15) is 0 Å². The molecule has 72 valence electrons. The Morgan fingerprint density at radius 1 is 1.23 bits per heavy atom. The van der Waals surface area contributed by atoms with Crippen molar-refractivity contribution in [2.75, 3.05) is 0 Å². The van der Waals surface area contributed by atoms with Crippen molar-refractivity contribution in [2.24, 2.45) is 0 Å². The summed E-state index contributed by atoms with van der Waals surface area (Å²) in [6, 6.07) is 0. The Kier molecular flexibility index (Phi) is 3.26. The topological polar surface area (TPSA) is 23.9 Å². The van der Waals surface area contributed by atoms with E-state index < -0.39 is 0 Å². The van der Waals surface area contributed by atoms with E-state index in [0.717, 1.165) is 5.56 Å². The number of nitrogens with one attached hydrogen (secondary N) is 1. The fourth-order valence-electron chi connectivity index (χ4n) is 1.57. The molecule has 0 radical (unpaired) electrons. The van der Waals surface area contributed by atoms with Crippen LogP contribution >= 0.6 is 11.3 Å². The third kappa shape index (κ3) is 1.99. The predicted molar refractivity (Wildman–Crippen MR) is 60.4 cm³/mol. The van der Waals surface area contributed by atoms with E-state index in [4.69, 9.17) is 5.41 Å². The Bertz CT molecular complexity index is 297. The molecule has 0 fully saturated rings. The third-order valence-electron chi connectivity index (χ3n) is 2.15. The van der Waals surface area contributed by atoms with Crippen molar-refractivity contribution < 1.29 is 0 Å². The first-order chi connectivity index (χ1) is 6.07. The maximum Gasteiger partial charge on any atom is 0.0261 e. The molecule has 1 aromatic heterocycles. The van der Waals surface area contributed by atoms with Gasteiger partial charge in [0, 0.05) is 22.0 Å². The van der Waals surface area contributed by atoms with Crippen molar-refractivity contribution in [3.8, 4) is 0 Å². The lowest BCUT2D eigenvalue weighted by Crippen LogP contribution is -1.96. The molecule has 0 aliphatic heterocycles. The molecule has 0 spiro atoms. The van der Waals surface area contributed by atoms with E-state index in [2.05, 4.69) is 33.1 Å². The standard InChI is InChI=1S/C11H17NS/c1-7(2)10-9(5-12)6-13-11(10)8(3)4/h5-8,12H,1-4H3. The van der Waals surface area contributed by atoms with E-state index in [1.807, 2.05) is 0 Å². The summed E-state index contributed by atoms with van der Waals surface area (Å²) in [6.45, 7) is 8.82. The summed E-state index contributed by atoms with van der Waals surface area (Å²) >= 11 is 1.79. The van der Waals surface area contributed by atoms with Crippen LogP contribution in [0.3, 0.4) is 0 Å². The normalized spacial score (nSPS) is 11.2. The first-order valence-electron chi connectivity index (χ1n) is 4.69. The fourth-order valence-corrected chi connectivity index (χ4v) is 2.77. The Morgan fingerprint density at radius 2 is 1.85 bits per heavy atom. The third-order valence-corrected chi connectivity index (χ3v) is 3.46. The highest BCUT2D eigenvalue weighted by Gasteiger charge is 2.15. The van der Waals surface area contributed by atoms with E-state index in [0.29, 0.717) is 11.8 Å². The minimum Gasteiger partial charge on any atom is -0.308 e. The first kappa shape index (κ1) is 10.5. The lowest BCUT2D eigenvalue weighted by atomic mass is 9.95. The van der Waals surface area contributed by atoms with Gasteiger partial charge in [-0.3, -0.25) is 0 Å². The summed E-state index contributed by atoms with van der Waals surface area (Å²) in [7, 11) is 0. The maximum absolute atomic E-state index is 7.31. The predicted octanol–water partition coefficient (Wildman–Crippen LogP) is 3.99. The SMILES string of the molecule is CC(C)c1scc(C=N)c1C(C)C. The van der Waals surface area contributed by atoms with Gasteiger partial charge in [-0.05, 0) is 17.4 Å². The Labute approximate surface area is 84.3 Å². The second-order valence-corrected chi connectivity index (χ2v) is 4.83. The first-order valence-corrected chi connectivity index (χ1v) is 5.57. The van der Waals surface area contributed by atoms with Crippen molar-refractivity contribution >= 4 is 17.6 Å². The molecule has 0 amide bonds. The molecule has 0 unspecified atom stereocenters. The van der Waals surface area contributed by atoms with Gasteiger partial charge in [-0.25, -0.2) is 0 Å². The van der Waals surface area contributed by atoms with Gasteiger partial charge in [-0.2, -0.15) is 0 Å². The smallest absolute Gasteiger partial charge is 0.0261 e. The van der Waals surface area contributed by atoms with Crippen LogP contribution in [0.25, 0.3) is 0 Å². The van der Waals surface area contributed by atoms with Crippen LogP contribution < -0.4 is 0 Å². The van der Waals surface area contributed by atoms with Gasteiger partial charge in [0.05, 0.1) is 0 Å². The van der Waals surface area contributed by atoms with Crippen molar-refractivity contribution in [1.29, 1.82) is 5.41 Å². The quantitative estimate of drug-likeness (QED) is 0.705. The van der Waals surface area contributed by atoms with Crippen molar-refractivity contribution in [3.63, 3.8) is 0 Å². The molecule has 1 aromatic rings. The van der Waals surface area contributed by atoms with E-state index >= 15 is 0 Å². The minimum atomic E-state index is 0.528. The molecule has 1 rings (SSSR count). The molecule has 13 heavy (non-hydrogen) atoms. The molecule has 0 aliphatic carbocycles. The summed E-state index contributed by atoms with van der Waals surface area (Å²) in [6.07, 6.45) is 1.47. The summed E-state index contributed by atoms with van der Waals surface area (Å²) in [5, 5.41) is 9.41. The molecule has 1 heterocycles. The lowest BCUT2D eigenvalue weighted by Gasteiger charge is -2.11. The second-order valence-electron chi connectivity index (χ2n) is 3.92. The van der Waals surface area contributed by atoms with Crippen LogP contribution in [0, 0.1) is 5.41 Å². The zero-order chi connectivity index (χ0) is 10.0. The molecule has 0 saturated carbocycles. The van der Waals surface area contributed by atoms with Gasteiger partial charge in [-0.15, -0.1) is 11.3 Å². The minimum absolute atomic E-state index is 0.528. The van der Waals surface area contributed by atoms with Gasteiger partial charge in [0.15, 0.2) is 0 Å². The Balaban J connectivity index is 3.21. The van der Waals surface area contributed by atoms with E-state index in [9.17, 15) is 0 Å². The van der Waals surface area contributed by atoms with E-state index in [1.54, 1.807) is 11.3 Å². The number of hydrogen-bond acceptors (Lipinski definition) is 2. The number of thiophene rings is 1. The van der Waals surface area contributed by atoms with Crippen molar-refractivity contribution in [1.82, 2.24) is 0 Å². The van der Waals surface area contributed by atoms with Crippen LogP contribution in [0.2, 0.25) is 0 Å². The van der Waals surface area contributed by atoms with Crippen LogP contribution in [0.4, 0.5) is 0 Å². The fraction of sp³-hybridized carbons (Fsp3) is 0.545. The van der Waals surface area contributed by atoms with Crippen LogP contribution in [-0.4, -0.2) is 6.21 Å². The molecule has 0 saturated heterocycles. The summed E-state index contributed by atoms with van der Waals surface area (Å²) in [5.74, 6) is 1.11. The zero-order valence-electron chi connectivity index (χ0n) is 8.72. The van der Waals surface area contributed by atoms with Gasteiger partial charge in [0.2, 0.25) is 0 Å². The van der Waals surface area contributed by atoms with E-state index in [1.165, 1.54) is 16.7 Å². The Hall–Kier alpha value is -0.630. The Morgan fingerprint density at radius 3 is 2.23 bits per heavy atom. The van der Waals surface area contributed by atoms with Gasteiger partial charge in [-0.1, -0.05) is 27.7 Å². The molecule has 2 heteroatoms. The summed E-state index contributed by atoms with van der Waals surface area (Å²) in [4.78, 5) is 1.44. The largest absolute Gasteiger partial charge is 0.308 e. The monoisotopic (exact) mass is 195 g/mol. The number of hydrogen-bond donors (Lipinski definition) is 1. The molecule has 0 aromatic carbocycles.